The van der Waals surface area contributed by atoms with Crippen LogP contribution >= 0.6 is 0 Å². The van der Waals surface area contributed by atoms with Gasteiger partial charge in [0.2, 0.25) is 0 Å². The van der Waals surface area contributed by atoms with Gasteiger partial charge in [-0.05, 0) is 102 Å². The molecule has 0 spiro atoms. The van der Waals surface area contributed by atoms with E-state index in [2.05, 4.69) is 68.4 Å². The van der Waals surface area contributed by atoms with Crippen molar-refractivity contribution in [1.82, 2.24) is 15.0 Å². The number of aromatic nitrogens is 3. The number of hydrogen-bond donors (Lipinski definition) is 0. The third kappa shape index (κ3) is 5.36. The van der Waals surface area contributed by atoms with Crippen molar-refractivity contribution in [3.05, 3.63) is 126 Å². The van der Waals surface area contributed by atoms with Gasteiger partial charge >= 0.3 is 0 Å². The molecule has 2 fully saturated rings. The number of hydrogen-bond acceptors (Lipinski definition) is 5. The van der Waals surface area contributed by atoms with Gasteiger partial charge < -0.3 is 4.42 Å². The average molecular weight is 651 g/mol. The summed E-state index contributed by atoms with van der Waals surface area (Å²) >= 11 is 0. The van der Waals surface area contributed by atoms with Gasteiger partial charge in [-0.25, -0.2) is 15.0 Å². The summed E-state index contributed by atoms with van der Waals surface area (Å²) in [6.07, 6.45) is 6.50. The van der Waals surface area contributed by atoms with Crippen LogP contribution in [0.1, 0.15) is 57.1 Å². The fourth-order valence-corrected chi connectivity index (χ4v) is 9.35. The van der Waals surface area contributed by atoms with Crippen molar-refractivity contribution in [3.8, 4) is 51.4 Å². The van der Waals surface area contributed by atoms with Gasteiger partial charge in [0.05, 0.1) is 11.6 Å². The van der Waals surface area contributed by atoms with E-state index < -0.39 is 0 Å². The number of rotatable bonds is 5. The van der Waals surface area contributed by atoms with Crippen molar-refractivity contribution in [1.29, 1.82) is 5.26 Å². The lowest BCUT2D eigenvalue weighted by Crippen LogP contribution is -2.42. The fraction of sp³-hybridized carbons (Fsp3) is 0.244. The Morgan fingerprint density at radius 3 is 2.04 bits per heavy atom. The predicted octanol–water partition coefficient (Wildman–Crippen LogP) is 11.4. The van der Waals surface area contributed by atoms with Crippen LogP contribution in [-0.4, -0.2) is 15.0 Å². The van der Waals surface area contributed by atoms with E-state index in [1.807, 2.05) is 60.7 Å². The molecule has 2 aromatic heterocycles. The molecule has 0 N–H and O–H groups in total. The molecule has 244 valence electrons. The highest BCUT2D eigenvalue weighted by Gasteiger charge is 2.45. The second-order valence-electron chi connectivity index (χ2n) is 14.9. The third-order valence-corrected chi connectivity index (χ3v) is 11.1. The van der Waals surface area contributed by atoms with Crippen LogP contribution in [0.15, 0.2) is 120 Å². The number of fused-ring (bicyclic) bond motifs is 5. The summed E-state index contributed by atoms with van der Waals surface area (Å²) in [5, 5.41) is 11.7. The molecule has 5 heteroatoms. The highest BCUT2D eigenvalue weighted by molar-refractivity contribution is 6.12. The Balaban J connectivity index is 1.21. The Bertz CT molecular complexity index is 2420. The summed E-state index contributed by atoms with van der Waals surface area (Å²) in [6.45, 7) is 4.88. The van der Waals surface area contributed by atoms with Gasteiger partial charge in [-0.1, -0.05) is 98.8 Å². The minimum Gasteiger partial charge on any atom is -0.456 e. The first kappa shape index (κ1) is 30.5. The molecule has 0 aliphatic heterocycles. The first-order valence-corrected chi connectivity index (χ1v) is 17.8. The van der Waals surface area contributed by atoms with Crippen LogP contribution < -0.4 is 0 Å². The van der Waals surface area contributed by atoms with E-state index in [4.69, 9.17) is 19.4 Å². The molecule has 2 aliphatic rings. The molecule has 2 aliphatic carbocycles. The minimum atomic E-state index is 0.222. The van der Waals surface area contributed by atoms with E-state index in [1.165, 1.54) is 37.7 Å². The zero-order chi connectivity index (χ0) is 33.8. The van der Waals surface area contributed by atoms with Gasteiger partial charge in [-0.2, -0.15) is 5.26 Å². The summed E-state index contributed by atoms with van der Waals surface area (Å²) in [6, 6.07) is 41.5. The predicted molar refractivity (Wildman–Crippen MR) is 200 cm³/mol. The van der Waals surface area contributed by atoms with Crippen LogP contribution in [0, 0.1) is 29.1 Å². The molecule has 2 unspecified atom stereocenters. The first-order chi connectivity index (χ1) is 24.4. The van der Waals surface area contributed by atoms with Crippen LogP contribution in [-0.2, 0) is 5.41 Å². The Morgan fingerprint density at radius 2 is 1.28 bits per heavy atom. The largest absolute Gasteiger partial charge is 0.456 e. The molecule has 5 nitrogen and oxygen atoms in total. The lowest BCUT2D eigenvalue weighted by atomic mass is 9.54. The van der Waals surface area contributed by atoms with Gasteiger partial charge in [0, 0.05) is 27.5 Å². The number of nitriles is 1. The van der Waals surface area contributed by atoms with E-state index >= 15 is 0 Å². The molecule has 2 bridgehead atoms. The third-order valence-electron chi connectivity index (χ3n) is 11.1. The van der Waals surface area contributed by atoms with E-state index in [9.17, 15) is 5.26 Å². The average Bonchev–Trinajstić information content (AvgIpc) is 3.53. The molecule has 5 aromatic carbocycles. The fourth-order valence-electron chi connectivity index (χ4n) is 9.35. The maximum atomic E-state index is 9.67. The molecule has 0 saturated heterocycles. The van der Waals surface area contributed by atoms with Crippen molar-refractivity contribution in [3.63, 3.8) is 0 Å². The second kappa shape index (κ2) is 12.1. The SMILES string of the molecule is C[C@@H]1CC2C[C@H](C)CC(c3ccc4c(c3)oc3cccc(-c5nc(-c6cccc(C#N)c6)nc(-c6cccc(-c7ccccc7)c6)n5)c34)(C2)C1. The van der Waals surface area contributed by atoms with Crippen molar-refractivity contribution in [2.24, 2.45) is 17.8 Å². The summed E-state index contributed by atoms with van der Waals surface area (Å²) in [7, 11) is 0. The maximum absolute atomic E-state index is 9.67. The van der Waals surface area contributed by atoms with Crippen LogP contribution in [0.25, 0.3) is 67.2 Å². The van der Waals surface area contributed by atoms with E-state index in [0.29, 0.717) is 23.0 Å². The van der Waals surface area contributed by atoms with Crippen molar-refractivity contribution in [2.75, 3.05) is 0 Å². The summed E-state index contributed by atoms with van der Waals surface area (Å²) < 4.78 is 6.65. The number of furan rings is 1. The van der Waals surface area contributed by atoms with Crippen molar-refractivity contribution >= 4 is 21.9 Å². The van der Waals surface area contributed by atoms with Gasteiger partial charge in [-0.15, -0.1) is 0 Å². The van der Waals surface area contributed by atoms with Crippen molar-refractivity contribution in [2.45, 2.75) is 51.4 Å². The second-order valence-corrected chi connectivity index (χ2v) is 14.9. The Morgan fingerprint density at radius 1 is 0.620 bits per heavy atom. The van der Waals surface area contributed by atoms with Crippen molar-refractivity contribution < 1.29 is 4.42 Å². The van der Waals surface area contributed by atoms with Crippen LogP contribution in [0.3, 0.4) is 0 Å². The standard InChI is InChI=1S/C45H38N4O/c1-28-19-31-20-29(2)25-45(24-28,26-31)36-17-18-37-40(23-36)50-39-16-8-15-38(41(37)39)44-48-42(34-13-6-9-30(21-34)27-46)47-43(49-44)35-14-7-12-33(22-35)32-10-4-3-5-11-32/h3-18,21-23,28-29,31H,19-20,24-26H2,1-2H3/t28-,29+,31?,45?. The van der Waals surface area contributed by atoms with E-state index in [0.717, 1.165) is 67.5 Å². The Kier molecular flexibility index (Phi) is 7.35. The molecule has 50 heavy (non-hydrogen) atoms. The number of nitrogens with zero attached hydrogens (tertiary/aromatic N) is 4. The molecule has 7 aromatic rings. The normalized spacial score (nSPS) is 21.7. The molecule has 2 heterocycles. The lowest BCUT2D eigenvalue weighted by molar-refractivity contribution is 0.0781. The zero-order valence-electron chi connectivity index (χ0n) is 28.4. The highest BCUT2D eigenvalue weighted by atomic mass is 16.3. The molecular weight excluding hydrogens is 613 g/mol. The highest BCUT2D eigenvalue weighted by Crippen LogP contribution is 2.54. The minimum absolute atomic E-state index is 0.222. The first-order valence-electron chi connectivity index (χ1n) is 17.8. The van der Waals surface area contributed by atoms with E-state index in [1.54, 1.807) is 6.07 Å². The molecule has 0 radical (unpaired) electrons. The molecular formula is C45H38N4O. The van der Waals surface area contributed by atoms with E-state index in [-0.39, 0.29) is 5.41 Å². The topological polar surface area (TPSA) is 75.6 Å². The van der Waals surface area contributed by atoms with Crippen LogP contribution in [0.4, 0.5) is 0 Å². The van der Waals surface area contributed by atoms with Gasteiger partial charge in [-0.3, -0.25) is 0 Å². The van der Waals surface area contributed by atoms with Gasteiger partial charge in [0.25, 0.3) is 0 Å². The summed E-state index contributed by atoms with van der Waals surface area (Å²) in [4.78, 5) is 15.2. The zero-order valence-corrected chi connectivity index (χ0v) is 28.4. The molecule has 4 atom stereocenters. The van der Waals surface area contributed by atoms with Gasteiger partial charge in [0.15, 0.2) is 17.5 Å². The van der Waals surface area contributed by atoms with Crippen LogP contribution in [0.5, 0.6) is 0 Å². The summed E-state index contributed by atoms with van der Waals surface area (Å²) in [5.41, 5.74) is 8.70. The molecule has 0 amide bonds. The Labute approximate surface area is 292 Å². The molecule has 9 rings (SSSR count). The number of benzene rings is 5. The van der Waals surface area contributed by atoms with Gasteiger partial charge in [0.1, 0.15) is 11.2 Å². The monoisotopic (exact) mass is 650 g/mol. The lowest BCUT2D eigenvalue weighted by Gasteiger charge is -2.50. The summed E-state index contributed by atoms with van der Waals surface area (Å²) in [5.74, 6) is 3.96. The van der Waals surface area contributed by atoms with Crippen LogP contribution in [0.2, 0.25) is 0 Å². The Hall–Kier alpha value is -5.60. The quantitative estimate of drug-likeness (QED) is 0.185. The smallest absolute Gasteiger partial charge is 0.164 e. The maximum Gasteiger partial charge on any atom is 0.164 e. The molecule has 2 saturated carbocycles.